The molecule has 0 aliphatic carbocycles. The fourth-order valence-electron chi connectivity index (χ4n) is 1.47. The summed E-state index contributed by atoms with van der Waals surface area (Å²) in [6.07, 6.45) is -2.38. The Hall–Kier alpha value is -0.190. The van der Waals surface area contributed by atoms with Crippen LogP contribution in [0.2, 0.25) is 0 Å². The minimum Gasteiger partial charge on any atom is -0.394 e. The molecule has 4 heteroatoms. The second-order valence-corrected chi connectivity index (χ2v) is 3.12. The van der Waals surface area contributed by atoms with Gasteiger partial charge in [0.05, 0.1) is 12.7 Å². The Morgan fingerprint density at radius 3 is 2.50 bits per heavy atom. The lowest BCUT2D eigenvalue weighted by molar-refractivity contribution is -0.0238. The van der Waals surface area contributed by atoms with Gasteiger partial charge in [-0.3, -0.25) is 0 Å². The summed E-state index contributed by atoms with van der Waals surface area (Å²) in [6.45, 7) is 1.61. The quantitative estimate of drug-likeness (QED) is 0.651. The normalized spacial score (nSPS) is 42.0. The molecule has 0 aromatic rings. The molecule has 1 saturated heterocycles. The molecular formula is C8H15FO3. The molecular weight excluding hydrogens is 163 g/mol. The zero-order chi connectivity index (χ0) is 9.14. The molecule has 1 aliphatic heterocycles. The zero-order valence-corrected chi connectivity index (χ0v) is 7.11. The second-order valence-electron chi connectivity index (χ2n) is 3.12. The highest BCUT2D eigenvalue weighted by molar-refractivity contribution is 4.90. The van der Waals surface area contributed by atoms with E-state index in [2.05, 4.69) is 0 Å². The summed E-state index contributed by atoms with van der Waals surface area (Å²) in [7, 11) is 0. The molecule has 4 atom stereocenters. The summed E-state index contributed by atoms with van der Waals surface area (Å²) in [5.74, 6) is 0. The van der Waals surface area contributed by atoms with Gasteiger partial charge in [0, 0.05) is 0 Å². The van der Waals surface area contributed by atoms with Gasteiger partial charge in [0.25, 0.3) is 0 Å². The lowest BCUT2D eigenvalue weighted by Crippen LogP contribution is -2.30. The third-order valence-electron chi connectivity index (χ3n) is 2.17. The number of aliphatic hydroxyl groups is 2. The molecule has 1 rings (SSSR count). The van der Waals surface area contributed by atoms with E-state index in [1.165, 1.54) is 0 Å². The van der Waals surface area contributed by atoms with Crippen molar-refractivity contribution in [1.29, 1.82) is 0 Å². The van der Waals surface area contributed by atoms with Gasteiger partial charge in [0.2, 0.25) is 0 Å². The van der Waals surface area contributed by atoms with Crippen LogP contribution in [-0.2, 0) is 4.74 Å². The number of ether oxygens (including phenoxy) is 1. The van der Waals surface area contributed by atoms with Crippen molar-refractivity contribution in [3.05, 3.63) is 0 Å². The summed E-state index contributed by atoms with van der Waals surface area (Å²) < 4.78 is 18.2. The number of hydrogen-bond acceptors (Lipinski definition) is 3. The average molecular weight is 178 g/mol. The van der Waals surface area contributed by atoms with E-state index in [0.29, 0.717) is 6.42 Å². The van der Waals surface area contributed by atoms with Gasteiger partial charge in [-0.15, -0.1) is 0 Å². The lowest BCUT2D eigenvalue weighted by atomic mass is 10.1. The number of alkyl halides is 1. The van der Waals surface area contributed by atoms with Gasteiger partial charge in [-0.2, -0.15) is 0 Å². The van der Waals surface area contributed by atoms with Crippen molar-refractivity contribution in [2.24, 2.45) is 0 Å². The fraction of sp³-hybridized carbons (Fsp3) is 1.00. The van der Waals surface area contributed by atoms with E-state index in [9.17, 15) is 9.50 Å². The van der Waals surface area contributed by atoms with E-state index < -0.39 is 24.5 Å². The van der Waals surface area contributed by atoms with Crippen LogP contribution in [0, 0.1) is 0 Å². The predicted octanol–water partition coefficient (Wildman–Crippen LogP) is 0.245. The molecule has 1 heterocycles. The third-order valence-corrected chi connectivity index (χ3v) is 2.17. The fourth-order valence-corrected chi connectivity index (χ4v) is 1.47. The molecule has 1 fully saturated rings. The first-order valence-corrected chi connectivity index (χ1v) is 4.29. The molecule has 0 aromatic heterocycles. The molecule has 0 aromatic carbocycles. The van der Waals surface area contributed by atoms with Crippen LogP contribution < -0.4 is 0 Å². The van der Waals surface area contributed by atoms with Crippen molar-refractivity contribution in [3.8, 4) is 0 Å². The number of aliphatic hydroxyl groups excluding tert-OH is 2. The first-order chi connectivity index (χ1) is 5.70. The van der Waals surface area contributed by atoms with E-state index >= 15 is 0 Å². The van der Waals surface area contributed by atoms with Gasteiger partial charge in [0.15, 0.2) is 6.17 Å². The van der Waals surface area contributed by atoms with E-state index in [0.717, 1.165) is 6.42 Å². The van der Waals surface area contributed by atoms with Crippen LogP contribution in [0.25, 0.3) is 0 Å². The predicted molar refractivity (Wildman–Crippen MR) is 41.6 cm³/mol. The van der Waals surface area contributed by atoms with Crippen LogP contribution >= 0.6 is 0 Å². The largest absolute Gasteiger partial charge is 0.394 e. The molecule has 0 spiro atoms. The molecule has 0 saturated carbocycles. The Bertz CT molecular complexity index is 142. The average Bonchev–Trinajstić information content (AvgIpc) is 2.33. The first kappa shape index (κ1) is 9.89. The smallest absolute Gasteiger partial charge is 0.154 e. The van der Waals surface area contributed by atoms with E-state index in [1.807, 2.05) is 6.92 Å². The molecule has 0 amide bonds. The molecule has 72 valence electrons. The maximum Gasteiger partial charge on any atom is 0.154 e. The summed E-state index contributed by atoms with van der Waals surface area (Å²) in [6, 6.07) is 0. The molecule has 12 heavy (non-hydrogen) atoms. The van der Waals surface area contributed by atoms with Gasteiger partial charge in [-0.05, 0) is 6.42 Å². The van der Waals surface area contributed by atoms with E-state index in [4.69, 9.17) is 9.84 Å². The Labute approximate surface area is 71.2 Å². The lowest BCUT2D eigenvalue weighted by Gasteiger charge is -2.10. The topological polar surface area (TPSA) is 49.7 Å². The van der Waals surface area contributed by atoms with Gasteiger partial charge in [0.1, 0.15) is 12.2 Å². The maximum atomic E-state index is 13.1. The molecule has 4 unspecified atom stereocenters. The van der Waals surface area contributed by atoms with Crippen molar-refractivity contribution < 1.29 is 19.3 Å². The zero-order valence-electron chi connectivity index (χ0n) is 7.11. The highest BCUT2D eigenvalue weighted by Crippen LogP contribution is 2.26. The van der Waals surface area contributed by atoms with Crippen LogP contribution in [-0.4, -0.2) is 41.3 Å². The molecule has 0 bridgehead atoms. The Morgan fingerprint density at radius 2 is 2.08 bits per heavy atom. The summed E-state index contributed by atoms with van der Waals surface area (Å²) in [4.78, 5) is 0. The van der Waals surface area contributed by atoms with Crippen molar-refractivity contribution in [3.63, 3.8) is 0 Å². The van der Waals surface area contributed by atoms with Gasteiger partial charge in [-0.25, -0.2) is 4.39 Å². The Balaban J connectivity index is 2.48. The Kier molecular flexibility index (Phi) is 3.43. The number of hydrogen-bond donors (Lipinski definition) is 2. The van der Waals surface area contributed by atoms with Crippen LogP contribution in [0.4, 0.5) is 4.39 Å². The highest BCUT2D eigenvalue weighted by Gasteiger charge is 2.42. The molecule has 0 radical (unpaired) electrons. The van der Waals surface area contributed by atoms with Crippen molar-refractivity contribution in [1.82, 2.24) is 0 Å². The summed E-state index contributed by atoms with van der Waals surface area (Å²) in [5.41, 5.74) is 0. The van der Waals surface area contributed by atoms with Crippen LogP contribution in [0.3, 0.4) is 0 Å². The standard InChI is InChI=1S/C8H15FO3/c1-2-3-5-7(9)8(11)6(4-10)12-5/h5-8,10-11H,2-4H2,1H3. The van der Waals surface area contributed by atoms with E-state index in [-0.39, 0.29) is 6.61 Å². The summed E-state index contributed by atoms with van der Waals surface area (Å²) >= 11 is 0. The van der Waals surface area contributed by atoms with Gasteiger partial charge < -0.3 is 14.9 Å². The van der Waals surface area contributed by atoms with Crippen LogP contribution in [0.1, 0.15) is 19.8 Å². The maximum absolute atomic E-state index is 13.1. The minimum absolute atomic E-state index is 0.318. The minimum atomic E-state index is -1.35. The highest BCUT2D eigenvalue weighted by atomic mass is 19.1. The van der Waals surface area contributed by atoms with Crippen molar-refractivity contribution in [2.45, 2.75) is 44.2 Å². The third kappa shape index (κ3) is 1.76. The molecule has 3 nitrogen and oxygen atoms in total. The van der Waals surface area contributed by atoms with Crippen molar-refractivity contribution >= 4 is 0 Å². The number of halogens is 1. The first-order valence-electron chi connectivity index (χ1n) is 4.29. The van der Waals surface area contributed by atoms with E-state index in [1.54, 1.807) is 0 Å². The second kappa shape index (κ2) is 4.16. The van der Waals surface area contributed by atoms with Gasteiger partial charge >= 0.3 is 0 Å². The van der Waals surface area contributed by atoms with Gasteiger partial charge in [-0.1, -0.05) is 13.3 Å². The Morgan fingerprint density at radius 1 is 1.42 bits per heavy atom. The summed E-state index contributed by atoms with van der Waals surface area (Å²) in [5, 5.41) is 17.9. The monoisotopic (exact) mass is 178 g/mol. The van der Waals surface area contributed by atoms with Crippen molar-refractivity contribution in [2.75, 3.05) is 6.61 Å². The molecule has 2 N–H and O–H groups in total. The van der Waals surface area contributed by atoms with Crippen LogP contribution in [0.15, 0.2) is 0 Å². The van der Waals surface area contributed by atoms with Crippen LogP contribution in [0.5, 0.6) is 0 Å². The SMILES string of the molecule is CCCC1OC(CO)C(O)C1F. The molecule has 1 aliphatic rings. The number of rotatable bonds is 3.